The van der Waals surface area contributed by atoms with Gasteiger partial charge in [0.05, 0.1) is 17.7 Å². The Labute approximate surface area is 245 Å². The van der Waals surface area contributed by atoms with Crippen LogP contribution in [-0.4, -0.2) is 79.8 Å². The maximum atomic E-state index is 12.9. The van der Waals surface area contributed by atoms with E-state index in [2.05, 4.69) is 10.8 Å². The van der Waals surface area contributed by atoms with Crippen LogP contribution in [0.3, 0.4) is 0 Å². The third-order valence-corrected chi connectivity index (χ3v) is 6.43. The number of alkyl halides is 3. The van der Waals surface area contributed by atoms with E-state index in [0.29, 0.717) is 0 Å². The summed E-state index contributed by atoms with van der Waals surface area (Å²) < 4.78 is 54.9. The van der Waals surface area contributed by atoms with E-state index in [1.54, 1.807) is 36.4 Å². The molecule has 3 rings (SSSR count). The van der Waals surface area contributed by atoms with Gasteiger partial charge in [-0.2, -0.15) is 8.42 Å². The second-order valence-corrected chi connectivity index (χ2v) is 12.0. The molecule has 2 aromatic carbocycles. The number of benzene rings is 2. The Morgan fingerprint density at radius 3 is 2.10 bits per heavy atom. The van der Waals surface area contributed by atoms with Gasteiger partial charge < -0.3 is 24.1 Å². The quantitative estimate of drug-likeness (QED) is 0.207. The van der Waals surface area contributed by atoms with Crippen LogP contribution in [0.25, 0.3) is 0 Å². The van der Waals surface area contributed by atoms with Crippen molar-refractivity contribution in [3.63, 3.8) is 0 Å². The molecular weight excluding hydrogens is 615 g/mol. The average Bonchev–Trinajstić information content (AvgIpc) is 2.93. The van der Waals surface area contributed by atoms with Crippen LogP contribution >= 0.6 is 34.8 Å². The van der Waals surface area contributed by atoms with Crippen molar-refractivity contribution in [1.29, 1.82) is 0 Å². The number of rotatable bonds is 12. The van der Waals surface area contributed by atoms with E-state index >= 15 is 0 Å². The van der Waals surface area contributed by atoms with Gasteiger partial charge in [0.1, 0.15) is 31.5 Å². The molecule has 0 aromatic heterocycles. The lowest BCUT2D eigenvalue weighted by molar-refractivity contribution is -0.293. The molecule has 40 heavy (non-hydrogen) atoms. The zero-order chi connectivity index (χ0) is 29.3. The number of aliphatic hydroxyl groups excluding tert-OH is 1. The van der Waals surface area contributed by atoms with Gasteiger partial charge in [0.15, 0.2) is 12.4 Å². The van der Waals surface area contributed by atoms with E-state index in [0.717, 1.165) is 0 Å². The van der Waals surface area contributed by atoms with Crippen LogP contribution in [0, 0.1) is 0 Å². The minimum atomic E-state index is -4.97. The molecule has 1 saturated heterocycles. The monoisotopic (exact) mass is 638 g/mol. The lowest BCUT2D eigenvalue weighted by Gasteiger charge is -2.42. The molecule has 5 atom stereocenters. The Morgan fingerprint density at radius 2 is 1.55 bits per heavy atom. The van der Waals surface area contributed by atoms with Crippen molar-refractivity contribution in [1.82, 2.24) is 0 Å². The molecule has 0 amide bonds. The van der Waals surface area contributed by atoms with Gasteiger partial charge in [-0.1, -0.05) is 77.3 Å². The first kappa shape index (κ1) is 32.3. The predicted molar refractivity (Wildman–Crippen MR) is 143 cm³/mol. The van der Waals surface area contributed by atoms with Crippen molar-refractivity contribution in [3.8, 4) is 0 Å². The number of hydrogen-bond donors (Lipinski definition) is 1. The molecule has 0 radical (unpaired) electrons. The number of hydrogen-bond acceptors (Lipinski definition) is 11. The van der Waals surface area contributed by atoms with Crippen LogP contribution < -0.4 is 0 Å². The molecule has 15 heteroatoms. The van der Waals surface area contributed by atoms with Gasteiger partial charge >= 0.3 is 22.3 Å². The van der Waals surface area contributed by atoms with Crippen molar-refractivity contribution in [2.24, 2.45) is 0 Å². The normalized spacial score (nSPS) is 23.2. The summed E-state index contributed by atoms with van der Waals surface area (Å²) in [5, 5.41) is 11.1. The van der Waals surface area contributed by atoms with Gasteiger partial charge in [0.25, 0.3) is 0 Å². The fourth-order valence-corrected chi connectivity index (χ4v) is 4.67. The smallest absolute Gasteiger partial charge is 0.400 e. The first-order valence-corrected chi connectivity index (χ1v) is 14.1. The molecule has 0 unspecified atom stereocenters. The fraction of sp³-hybridized carbons (Fsp3) is 0.360. The fourth-order valence-electron chi connectivity index (χ4n) is 3.44. The molecule has 2 aromatic rings. The van der Waals surface area contributed by atoms with Crippen LogP contribution in [0.1, 0.15) is 20.7 Å². The number of aliphatic hydroxyl groups is 1. The zero-order valence-corrected chi connectivity index (χ0v) is 23.7. The first-order valence-electron chi connectivity index (χ1n) is 11.6. The summed E-state index contributed by atoms with van der Waals surface area (Å²) in [5.41, 5.74) is 0.324. The Hall–Kier alpha value is -2.26. The van der Waals surface area contributed by atoms with Crippen LogP contribution in [0.15, 0.2) is 73.3 Å². The van der Waals surface area contributed by atoms with Crippen LogP contribution in [0.2, 0.25) is 0 Å². The highest BCUT2D eigenvalue weighted by Crippen LogP contribution is 2.31. The Kier molecular flexibility index (Phi) is 11.8. The van der Waals surface area contributed by atoms with Crippen LogP contribution in [0.5, 0.6) is 0 Å². The van der Waals surface area contributed by atoms with E-state index < -0.39 is 70.0 Å². The molecule has 1 aliphatic rings. The Bertz CT molecular complexity index is 1240. The molecule has 0 spiro atoms. The largest absolute Gasteiger partial charge is 0.459 e. The highest BCUT2D eigenvalue weighted by atomic mass is 35.6. The summed E-state index contributed by atoms with van der Waals surface area (Å²) in [7, 11) is -4.97. The molecule has 1 heterocycles. The van der Waals surface area contributed by atoms with E-state index in [1.165, 1.54) is 30.3 Å². The number of esters is 2. The minimum Gasteiger partial charge on any atom is -0.459 e. The molecule has 1 aliphatic heterocycles. The molecule has 218 valence electrons. The first-order chi connectivity index (χ1) is 18.9. The molecular formula is C25H25Cl3O11S. The molecule has 0 aliphatic carbocycles. The number of carbonyl (C=O) groups is 2. The molecule has 11 nitrogen and oxygen atoms in total. The van der Waals surface area contributed by atoms with Crippen molar-refractivity contribution in [3.05, 3.63) is 84.4 Å². The highest BCUT2D eigenvalue weighted by Gasteiger charge is 2.51. The van der Waals surface area contributed by atoms with Gasteiger partial charge in [-0.25, -0.2) is 18.0 Å². The standard InChI is InChI=1S/C25H25Cl3O11S/c1-2-13-34-24-21(38-23(31)17-11-7-4-8-12-17)20(39-40(32,33)36-15-25(26,27)28)19(29)18(37-24)14-35-22(30)16-9-5-3-6-10-16/h2-12,18-21,24,29H,1,13-15H2/t18-,19-,20+,21-,24+/m1/s1. The number of halogens is 3. The zero-order valence-electron chi connectivity index (χ0n) is 20.6. The molecule has 1 N–H and O–H groups in total. The van der Waals surface area contributed by atoms with E-state index in [-0.39, 0.29) is 17.7 Å². The van der Waals surface area contributed by atoms with Gasteiger partial charge in [-0.15, -0.1) is 6.58 Å². The van der Waals surface area contributed by atoms with Crippen molar-refractivity contribution >= 4 is 57.1 Å². The van der Waals surface area contributed by atoms with Crippen LogP contribution in [0.4, 0.5) is 0 Å². The summed E-state index contributed by atoms with van der Waals surface area (Å²) in [6.07, 6.45) is -6.96. The maximum absolute atomic E-state index is 12.9. The van der Waals surface area contributed by atoms with Gasteiger partial charge in [-0.3, -0.25) is 0 Å². The molecule has 0 bridgehead atoms. The summed E-state index contributed by atoms with van der Waals surface area (Å²) >= 11 is 16.7. The SMILES string of the molecule is C=CCO[C@H]1O[C@H](COC(=O)c2ccccc2)[C@@H](O)[C@H](OS(=O)(=O)OCC(Cl)(Cl)Cl)[C@H]1OC(=O)c1ccccc1. The second kappa shape index (κ2) is 14.6. The van der Waals surface area contributed by atoms with Crippen LogP contribution in [-0.2, 0) is 37.7 Å². The molecule has 1 fully saturated rings. The number of ether oxygens (including phenoxy) is 4. The summed E-state index contributed by atoms with van der Waals surface area (Å²) in [6.45, 7) is 1.91. The van der Waals surface area contributed by atoms with Crippen molar-refractivity contribution in [2.45, 2.75) is 34.5 Å². The van der Waals surface area contributed by atoms with Gasteiger partial charge in [0.2, 0.25) is 3.79 Å². The number of carbonyl (C=O) groups excluding carboxylic acids is 2. The second-order valence-electron chi connectivity index (χ2n) is 8.20. The Morgan fingerprint density at radius 1 is 0.975 bits per heavy atom. The van der Waals surface area contributed by atoms with Crippen molar-refractivity contribution < 1.29 is 50.4 Å². The van der Waals surface area contributed by atoms with E-state index in [1.807, 2.05) is 0 Å². The maximum Gasteiger partial charge on any atom is 0.400 e. The lowest BCUT2D eigenvalue weighted by Crippen LogP contribution is -2.62. The van der Waals surface area contributed by atoms with E-state index in [9.17, 15) is 23.1 Å². The minimum absolute atomic E-state index is 0.104. The predicted octanol–water partition coefficient (Wildman–Crippen LogP) is 3.37. The summed E-state index contributed by atoms with van der Waals surface area (Å²) in [4.78, 5) is 25.3. The summed E-state index contributed by atoms with van der Waals surface area (Å²) in [5.74, 6) is -1.65. The third-order valence-electron chi connectivity index (χ3n) is 5.23. The Balaban J connectivity index is 1.88. The topological polar surface area (TPSA) is 144 Å². The average molecular weight is 640 g/mol. The lowest BCUT2D eigenvalue weighted by atomic mass is 9.99. The summed E-state index contributed by atoms with van der Waals surface area (Å²) in [6, 6.07) is 15.7. The van der Waals surface area contributed by atoms with Crippen molar-refractivity contribution in [2.75, 3.05) is 19.8 Å². The highest BCUT2D eigenvalue weighted by molar-refractivity contribution is 7.81. The van der Waals surface area contributed by atoms with Gasteiger partial charge in [0, 0.05) is 0 Å². The third kappa shape index (κ3) is 9.68. The van der Waals surface area contributed by atoms with E-state index in [4.69, 9.17) is 57.9 Å². The molecule has 0 saturated carbocycles. The van der Waals surface area contributed by atoms with Gasteiger partial charge in [-0.05, 0) is 24.3 Å².